The molecule has 1 aromatic carbocycles. The number of carbonyl (C=O) groups is 1. The van der Waals surface area contributed by atoms with Crippen LogP contribution in [-0.2, 0) is 6.18 Å². The van der Waals surface area contributed by atoms with Gasteiger partial charge >= 0.3 is 6.18 Å². The third-order valence-corrected chi connectivity index (χ3v) is 4.36. The van der Waals surface area contributed by atoms with Gasteiger partial charge in [0.2, 0.25) is 0 Å². The van der Waals surface area contributed by atoms with Gasteiger partial charge in [-0.25, -0.2) is 0 Å². The highest BCUT2D eigenvalue weighted by molar-refractivity contribution is 14.0. The summed E-state index contributed by atoms with van der Waals surface area (Å²) in [5, 5.41) is 5.82. The Labute approximate surface area is 174 Å². The lowest BCUT2D eigenvalue weighted by molar-refractivity contribution is -0.137. The molecule has 0 bridgehead atoms. The molecule has 1 fully saturated rings. The Morgan fingerprint density at radius 3 is 2.26 bits per heavy atom. The monoisotopic (exact) mass is 498 g/mol. The highest BCUT2D eigenvalue weighted by atomic mass is 127. The van der Waals surface area contributed by atoms with Crippen molar-refractivity contribution in [2.24, 2.45) is 10.7 Å². The van der Waals surface area contributed by atoms with E-state index in [0.29, 0.717) is 18.5 Å². The van der Waals surface area contributed by atoms with Gasteiger partial charge in [-0.2, -0.15) is 13.2 Å². The number of amides is 1. The molecule has 27 heavy (non-hydrogen) atoms. The van der Waals surface area contributed by atoms with Crippen molar-refractivity contribution >= 4 is 35.8 Å². The van der Waals surface area contributed by atoms with Crippen molar-refractivity contribution < 1.29 is 18.0 Å². The van der Waals surface area contributed by atoms with Gasteiger partial charge in [0, 0.05) is 18.2 Å². The highest BCUT2D eigenvalue weighted by Crippen LogP contribution is 2.29. The zero-order valence-electron chi connectivity index (χ0n) is 15.0. The van der Waals surface area contributed by atoms with Crippen LogP contribution in [0.4, 0.5) is 13.2 Å². The van der Waals surface area contributed by atoms with Crippen LogP contribution in [0.15, 0.2) is 29.3 Å². The van der Waals surface area contributed by atoms with Crippen LogP contribution in [0.25, 0.3) is 0 Å². The minimum atomic E-state index is -4.41. The lowest BCUT2D eigenvalue weighted by atomic mass is 10.1. The Morgan fingerprint density at radius 1 is 1.11 bits per heavy atom. The van der Waals surface area contributed by atoms with Gasteiger partial charge in [0.1, 0.15) is 0 Å². The summed E-state index contributed by atoms with van der Waals surface area (Å²) in [6, 6.07) is 4.44. The van der Waals surface area contributed by atoms with Gasteiger partial charge in [0.05, 0.1) is 12.1 Å². The first-order valence-corrected chi connectivity index (χ1v) is 8.88. The molecular formula is C18H26F3IN4O. The average molecular weight is 498 g/mol. The van der Waals surface area contributed by atoms with E-state index >= 15 is 0 Å². The number of carbonyl (C=O) groups excluding carboxylic acids is 1. The Balaban J connectivity index is 0.00000364. The molecule has 0 unspecified atom stereocenters. The van der Waals surface area contributed by atoms with Crippen LogP contribution in [0.2, 0.25) is 0 Å². The van der Waals surface area contributed by atoms with Crippen molar-refractivity contribution in [1.29, 1.82) is 0 Å². The minimum absolute atomic E-state index is 0. The molecule has 1 aliphatic rings. The molecule has 152 valence electrons. The summed E-state index contributed by atoms with van der Waals surface area (Å²) in [6.45, 7) is 0.560. The molecule has 1 aliphatic carbocycles. The second-order valence-electron chi connectivity index (χ2n) is 6.43. The van der Waals surface area contributed by atoms with Crippen LogP contribution >= 0.6 is 24.0 Å². The number of alkyl halides is 3. The molecule has 0 atom stereocenters. The fourth-order valence-electron chi connectivity index (χ4n) is 2.94. The molecule has 0 aromatic heterocycles. The number of rotatable bonds is 5. The summed E-state index contributed by atoms with van der Waals surface area (Å²) < 4.78 is 37.5. The van der Waals surface area contributed by atoms with E-state index in [2.05, 4.69) is 15.6 Å². The van der Waals surface area contributed by atoms with Gasteiger partial charge in [-0.1, -0.05) is 25.7 Å². The Morgan fingerprint density at radius 2 is 1.70 bits per heavy atom. The van der Waals surface area contributed by atoms with Gasteiger partial charge in [0.25, 0.3) is 5.91 Å². The largest absolute Gasteiger partial charge is 0.416 e. The molecular weight excluding hydrogens is 472 g/mol. The topological polar surface area (TPSA) is 79.5 Å². The van der Waals surface area contributed by atoms with Gasteiger partial charge in [-0.3, -0.25) is 9.79 Å². The van der Waals surface area contributed by atoms with Gasteiger partial charge < -0.3 is 16.4 Å². The van der Waals surface area contributed by atoms with Crippen molar-refractivity contribution in [3.05, 3.63) is 35.4 Å². The first-order valence-electron chi connectivity index (χ1n) is 8.88. The number of hydrogen-bond acceptors (Lipinski definition) is 2. The van der Waals surface area contributed by atoms with E-state index in [4.69, 9.17) is 5.73 Å². The number of nitrogens with zero attached hydrogens (tertiary/aromatic N) is 1. The first-order chi connectivity index (χ1) is 12.4. The molecule has 5 nitrogen and oxygen atoms in total. The van der Waals surface area contributed by atoms with Crippen LogP contribution in [0.5, 0.6) is 0 Å². The SMILES string of the molecule is I.NC(=NCCNC(=O)c1ccc(C(F)(F)F)cc1)NC1CCCCCC1. The Kier molecular flexibility index (Phi) is 9.89. The summed E-state index contributed by atoms with van der Waals surface area (Å²) in [5.74, 6) is -0.0788. The normalized spacial score (nSPS) is 16.2. The lowest BCUT2D eigenvalue weighted by Gasteiger charge is -2.16. The van der Waals surface area contributed by atoms with E-state index in [1.54, 1.807) is 0 Å². The van der Waals surface area contributed by atoms with Gasteiger partial charge in [-0.15, -0.1) is 24.0 Å². The highest BCUT2D eigenvalue weighted by Gasteiger charge is 2.30. The van der Waals surface area contributed by atoms with Gasteiger partial charge in [0.15, 0.2) is 5.96 Å². The second kappa shape index (κ2) is 11.4. The van der Waals surface area contributed by atoms with Crippen LogP contribution in [0.3, 0.4) is 0 Å². The summed E-state index contributed by atoms with van der Waals surface area (Å²) in [6.07, 6.45) is 2.64. The molecule has 0 radical (unpaired) electrons. The molecule has 9 heteroatoms. The molecule has 0 spiro atoms. The molecule has 1 aromatic rings. The lowest BCUT2D eigenvalue weighted by Crippen LogP contribution is -2.40. The van der Waals surface area contributed by atoms with Gasteiger partial charge in [-0.05, 0) is 37.1 Å². The van der Waals surface area contributed by atoms with E-state index in [-0.39, 0.29) is 36.1 Å². The number of hydrogen-bond donors (Lipinski definition) is 3. The zero-order chi connectivity index (χ0) is 19.0. The van der Waals surface area contributed by atoms with E-state index in [1.807, 2.05) is 0 Å². The summed E-state index contributed by atoms with van der Waals surface area (Å²) in [4.78, 5) is 16.1. The zero-order valence-corrected chi connectivity index (χ0v) is 17.3. The third-order valence-electron chi connectivity index (χ3n) is 4.36. The number of benzene rings is 1. The number of halogens is 4. The maximum atomic E-state index is 12.5. The van der Waals surface area contributed by atoms with Crippen molar-refractivity contribution in [3.8, 4) is 0 Å². The number of guanidine groups is 1. The number of nitrogens with two attached hydrogens (primary N) is 1. The van der Waals surface area contributed by atoms with Crippen molar-refractivity contribution in [2.75, 3.05) is 13.1 Å². The molecule has 1 amide bonds. The Hall–Kier alpha value is -1.52. The second-order valence-corrected chi connectivity index (χ2v) is 6.43. The van der Waals surface area contributed by atoms with Crippen LogP contribution in [0.1, 0.15) is 54.4 Å². The predicted molar refractivity (Wildman–Crippen MR) is 110 cm³/mol. The van der Waals surface area contributed by atoms with Crippen molar-refractivity contribution in [3.63, 3.8) is 0 Å². The Bertz CT molecular complexity index is 612. The number of aliphatic imine (C=N–C) groups is 1. The molecule has 2 rings (SSSR count). The third kappa shape index (κ3) is 8.35. The fourth-order valence-corrected chi connectivity index (χ4v) is 2.94. The van der Waals surface area contributed by atoms with Crippen molar-refractivity contribution in [1.82, 2.24) is 10.6 Å². The predicted octanol–water partition coefficient (Wildman–Crippen LogP) is 3.68. The maximum Gasteiger partial charge on any atom is 0.416 e. The molecule has 4 N–H and O–H groups in total. The van der Waals surface area contributed by atoms with E-state index in [9.17, 15) is 18.0 Å². The number of nitrogens with one attached hydrogen (secondary N) is 2. The van der Waals surface area contributed by atoms with Crippen molar-refractivity contribution in [2.45, 2.75) is 50.7 Å². The maximum absolute atomic E-state index is 12.5. The first kappa shape index (κ1) is 23.5. The quantitative estimate of drug-likeness (QED) is 0.191. The summed E-state index contributed by atoms with van der Waals surface area (Å²) in [7, 11) is 0. The fraction of sp³-hybridized carbons (Fsp3) is 0.556. The summed E-state index contributed by atoms with van der Waals surface area (Å²) in [5.41, 5.74) is 5.25. The molecule has 1 saturated carbocycles. The summed E-state index contributed by atoms with van der Waals surface area (Å²) >= 11 is 0. The minimum Gasteiger partial charge on any atom is -0.370 e. The van der Waals surface area contributed by atoms with Crippen LogP contribution < -0.4 is 16.4 Å². The molecule has 0 aliphatic heterocycles. The average Bonchev–Trinajstić information content (AvgIpc) is 2.86. The standard InChI is InChI=1S/C18H25F3N4O.HI/c19-18(20,21)14-9-7-13(8-10-14)16(26)23-11-12-24-17(22)25-15-5-3-1-2-4-6-15;/h7-10,15H,1-6,11-12H2,(H,23,26)(H3,22,24,25);1H. The van der Waals surface area contributed by atoms with E-state index in [0.717, 1.165) is 37.1 Å². The smallest absolute Gasteiger partial charge is 0.370 e. The van der Waals surface area contributed by atoms with Crippen LogP contribution in [0, 0.1) is 0 Å². The van der Waals surface area contributed by atoms with Crippen LogP contribution in [-0.4, -0.2) is 31.0 Å². The van der Waals surface area contributed by atoms with E-state index < -0.39 is 17.6 Å². The van der Waals surface area contributed by atoms with E-state index in [1.165, 1.54) is 25.7 Å². The molecule has 0 saturated heterocycles. The molecule has 0 heterocycles.